The third kappa shape index (κ3) is 2.33. The summed E-state index contributed by atoms with van der Waals surface area (Å²) in [6.07, 6.45) is 0.127. The summed E-state index contributed by atoms with van der Waals surface area (Å²) >= 11 is 0. The molecule has 7 heteroatoms. The van der Waals surface area contributed by atoms with Gasteiger partial charge in [-0.05, 0) is 6.07 Å². The summed E-state index contributed by atoms with van der Waals surface area (Å²) in [5.74, 6) is -0.251. The van der Waals surface area contributed by atoms with E-state index in [9.17, 15) is 14.9 Å². The molecule has 0 aromatic heterocycles. The Balaban J connectivity index is 2.43. The van der Waals surface area contributed by atoms with Crippen molar-refractivity contribution in [2.45, 2.75) is 6.42 Å². The Bertz CT molecular complexity index is 579. The van der Waals surface area contributed by atoms with Gasteiger partial charge in [-0.1, -0.05) is 0 Å². The SMILES string of the molecule is COc1ccc([N+](=O)[O-])cc1N1CC(C#N)CC1=O. The van der Waals surface area contributed by atoms with E-state index in [4.69, 9.17) is 10.00 Å². The van der Waals surface area contributed by atoms with E-state index in [-0.39, 0.29) is 24.6 Å². The molecule has 0 N–H and O–H groups in total. The summed E-state index contributed by atoms with van der Waals surface area (Å²) in [4.78, 5) is 23.4. The van der Waals surface area contributed by atoms with Gasteiger partial charge in [0, 0.05) is 25.1 Å². The number of hydrogen-bond donors (Lipinski definition) is 0. The normalized spacial score (nSPS) is 18.2. The number of nitro groups is 1. The zero-order valence-corrected chi connectivity index (χ0v) is 10.2. The molecule has 1 aliphatic rings. The van der Waals surface area contributed by atoms with Gasteiger partial charge in [-0.25, -0.2) is 0 Å². The summed E-state index contributed by atoms with van der Waals surface area (Å²) in [5.41, 5.74) is 0.212. The number of nitrogens with zero attached hydrogens (tertiary/aromatic N) is 3. The Kier molecular flexibility index (Phi) is 3.33. The average Bonchev–Trinajstić information content (AvgIpc) is 2.79. The lowest BCUT2D eigenvalue weighted by Gasteiger charge is -2.18. The molecule has 1 aromatic carbocycles. The predicted molar refractivity (Wildman–Crippen MR) is 65.7 cm³/mol. The van der Waals surface area contributed by atoms with Crippen LogP contribution < -0.4 is 9.64 Å². The lowest BCUT2D eigenvalue weighted by atomic mass is 10.1. The third-order valence-electron chi connectivity index (χ3n) is 2.97. The zero-order chi connectivity index (χ0) is 14.0. The van der Waals surface area contributed by atoms with Gasteiger partial charge in [-0.3, -0.25) is 14.9 Å². The second-order valence-corrected chi connectivity index (χ2v) is 4.15. The van der Waals surface area contributed by atoms with Gasteiger partial charge in [0.25, 0.3) is 5.69 Å². The van der Waals surface area contributed by atoms with Gasteiger partial charge in [0.1, 0.15) is 5.75 Å². The predicted octanol–water partition coefficient (Wildman–Crippen LogP) is 1.48. The summed E-state index contributed by atoms with van der Waals surface area (Å²) in [6.45, 7) is 0.229. The number of methoxy groups -OCH3 is 1. The number of ether oxygens (including phenoxy) is 1. The molecule has 1 saturated heterocycles. The van der Waals surface area contributed by atoms with Crippen molar-refractivity contribution in [2.75, 3.05) is 18.6 Å². The number of hydrogen-bond acceptors (Lipinski definition) is 5. The van der Waals surface area contributed by atoms with Crippen LogP contribution in [0.1, 0.15) is 6.42 Å². The maximum Gasteiger partial charge on any atom is 0.271 e. The van der Waals surface area contributed by atoms with E-state index >= 15 is 0 Å². The first-order chi connectivity index (χ1) is 9.06. The lowest BCUT2D eigenvalue weighted by Crippen LogP contribution is -2.25. The van der Waals surface area contributed by atoms with Gasteiger partial charge in [-0.15, -0.1) is 0 Å². The molecule has 1 aliphatic heterocycles. The molecule has 1 atom stereocenters. The highest BCUT2D eigenvalue weighted by Crippen LogP contribution is 2.35. The zero-order valence-electron chi connectivity index (χ0n) is 10.2. The van der Waals surface area contributed by atoms with E-state index in [1.807, 2.05) is 6.07 Å². The first-order valence-corrected chi connectivity index (χ1v) is 5.59. The van der Waals surface area contributed by atoms with Crippen LogP contribution in [0.5, 0.6) is 5.75 Å². The highest BCUT2D eigenvalue weighted by molar-refractivity contribution is 5.97. The van der Waals surface area contributed by atoms with Crippen LogP contribution in [-0.2, 0) is 4.79 Å². The van der Waals surface area contributed by atoms with Crippen LogP contribution in [0.4, 0.5) is 11.4 Å². The van der Waals surface area contributed by atoms with Crippen molar-refractivity contribution in [3.05, 3.63) is 28.3 Å². The molecule has 1 unspecified atom stereocenters. The van der Waals surface area contributed by atoms with Crippen LogP contribution >= 0.6 is 0 Å². The molecular formula is C12H11N3O4. The molecule has 1 amide bonds. The molecule has 0 bridgehead atoms. The highest BCUT2D eigenvalue weighted by Gasteiger charge is 2.33. The van der Waals surface area contributed by atoms with Crippen LogP contribution in [0.3, 0.4) is 0 Å². The van der Waals surface area contributed by atoms with Crippen LogP contribution in [0.15, 0.2) is 18.2 Å². The van der Waals surface area contributed by atoms with E-state index in [0.717, 1.165) is 0 Å². The molecule has 1 fully saturated rings. The lowest BCUT2D eigenvalue weighted by molar-refractivity contribution is -0.384. The minimum Gasteiger partial charge on any atom is -0.495 e. The molecule has 1 heterocycles. The fourth-order valence-electron chi connectivity index (χ4n) is 2.03. The maximum atomic E-state index is 11.8. The number of amides is 1. The smallest absolute Gasteiger partial charge is 0.271 e. The van der Waals surface area contributed by atoms with E-state index < -0.39 is 10.8 Å². The minimum atomic E-state index is -0.536. The second kappa shape index (κ2) is 4.94. The third-order valence-corrected chi connectivity index (χ3v) is 2.97. The number of carbonyl (C=O) groups is 1. The van der Waals surface area contributed by atoms with Crippen molar-refractivity contribution in [3.63, 3.8) is 0 Å². The molecular weight excluding hydrogens is 250 g/mol. The van der Waals surface area contributed by atoms with Crippen LogP contribution in [-0.4, -0.2) is 24.5 Å². The largest absolute Gasteiger partial charge is 0.495 e. The summed E-state index contributed by atoms with van der Waals surface area (Å²) < 4.78 is 5.11. The second-order valence-electron chi connectivity index (χ2n) is 4.15. The monoisotopic (exact) mass is 261 g/mol. The molecule has 2 rings (SSSR count). The number of rotatable bonds is 3. The van der Waals surface area contributed by atoms with Crippen molar-refractivity contribution in [2.24, 2.45) is 5.92 Å². The van der Waals surface area contributed by atoms with Crippen molar-refractivity contribution >= 4 is 17.3 Å². The van der Waals surface area contributed by atoms with E-state index in [2.05, 4.69) is 0 Å². The van der Waals surface area contributed by atoms with Gasteiger partial charge in [-0.2, -0.15) is 5.26 Å². The van der Waals surface area contributed by atoms with Crippen molar-refractivity contribution in [3.8, 4) is 11.8 Å². The standard InChI is InChI=1S/C12H11N3O4/c1-19-11-3-2-9(15(17)18)5-10(11)14-7-8(6-13)4-12(14)16/h2-3,5,8H,4,7H2,1H3. The molecule has 0 spiro atoms. The Morgan fingerprint density at radius 1 is 1.58 bits per heavy atom. The molecule has 0 radical (unpaired) electrons. The Morgan fingerprint density at radius 3 is 2.84 bits per heavy atom. The Labute approximate surface area is 109 Å². The highest BCUT2D eigenvalue weighted by atomic mass is 16.6. The van der Waals surface area contributed by atoms with Gasteiger partial charge in [0.05, 0.1) is 29.7 Å². The quantitative estimate of drug-likeness (QED) is 0.606. The first kappa shape index (κ1) is 12.8. The topological polar surface area (TPSA) is 96.5 Å². The van der Waals surface area contributed by atoms with Gasteiger partial charge in [0.2, 0.25) is 5.91 Å². The Hall–Kier alpha value is -2.62. The van der Waals surface area contributed by atoms with Crippen molar-refractivity contribution < 1.29 is 14.5 Å². The number of non-ortho nitro benzene ring substituents is 1. The van der Waals surface area contributed by atoms with Crippen LogP contribution in [0.25, 0.3) is 0 Å². The molecule has 19 heavy (non-hydrogen) atoms. The molecule has 7 nitrogen and oxygen atoms in total. The number of benzene rings is 1. The van der Waals surface area contributed by atoms with Crippen LogP contribution in [0, 0.1) is 27.4 Å². The summed E-state index contributed by atoms with van der Waals surface area (Å²) in [6, 6.07) is 6.07. The van der Waals surface area contributed by atoms with E-state index in [0.29, 0.717) is 11.4 Å². The average molecular weight is 261 g/mol. The van der Waals surface area contributed by atoms with Crippen molar-refractivity contribution in [1.29, 1.82) is 5.26 Å². The van der Waals surface area contributed by atoms with Crippen molar-refractivity contribution in [1.82, 2.24) is 0 Å². The number of nitro benzene ring substituents is 1. The summed E-state index contributed by atoms with van der Waals surface area (Å²) in [5, 5.41) is 19.6. The Morgan fingerprint density at radius 2 is 2.32 bits per heavy atom. The first-order valence-electron chi connectivity index (χ1n) is 5.59. The number of carbonyl (C=O) groups excluding carboxylic acids is 1. The molecule has 1 aromatic rings. The van der Waals surface area contributed by atoms with Crippen LogP contribution in [0.2, 0.25) is 0 Å². The minimum absolute atomic E-state index is 0.121. The molecule has 0 aliphatic carbocycles. The van der Waals surface area contributed by atoms with E-state index in [1.165, 1.54) is 30.2 Å². The van der Waals surface area contributed by atoms with E-state index in [1.54, 1.807) is 0 Å². The van der Waals surface area contributed by atoms with Gasteiger partial charge in [0.15, 0.2) is 0 Å². The number of nitriles is 1. The molecule has 0 saturated carbocycles. The number of anilines is 1. The van der Waals surface area contributed by atoms with Gasteiger partial charge >= 0.3 is 0 Å². The summed E-state index contributed by atoms with van der Waals surface area (Å²) in [7, 11) is 1.42. The van der Waals surface area contributed by atoms with Gasteiger partial charge < -0.3 is 9.64 Å². The fraction of sp³-hybridized carbons (Fsp3) is 0.333. The maximum absolute atomic E-state index is 11.8. The fourth-order valence-corrected chi connectivity index (χ4v) is 2.03. The molecule has 98 valence electrons.